The van der Waals surface area contributed by atoms with Crippen LogP contribution in [0.1, 0.15) is 6.92 Å². The van der Waals surface area contributed by atoms with Crippen molar-refractivity contribution in [3.05, 3.63) is 24.3 Å². The van der Waals surface area contributed by atoms with E-state index < -0.39 is 0 Å². The van der Waals surface area contributed by atoms with Crippen molar-refractivity contribution >= 4 is 17.4 Å². The molecule has 2 amide bonds. The lowest BCUT2D eigenvalue weighted by Crippen LogP contribution is -2.38. The Hall–Kier alpha value is -1.75. The summed E-state index contributed by atoms with van der Waals surface area (Å²) in [4.78, 5) is 11.3. The summed E-state index contributed by atoms with van der Waals surface area (Å²) in [6.45, 7) is 1.60. The molecule has 0 aliphatic heterocycles. The minimum Gasteiger partial charge on any atom is -0.397 e. The van der Waals surface area contributed by atoms with E-state index in [-0.39, 0.29) is 18.7 Å². The summed E-state index contributed by atoms with van der Waals surface area (Å²) >= 11 is 0. The molecule has 0 radical (unpaired) electrons. The van der Waals surface area contributed by atoms with Crippen molar-refractivity contribution in [2.45, 2.75) is 13.0 Å². The van der Waals surface area contributed by atoms with Crippen molar-refractivity contribution in [2.24, 2.45) is 0 Å². The third-order valence-corrected chi connectivity index (χ3v) is 1.86. The molecule has 82 valence electrons. The van der Waals surface area contributed by atoms with Gasteiger partial charge < -0.3 is 21.5 Å². The van der Waals surface area contributed by atoms with Gasteiger partial charge in [-0.25, -0.2) is 4.79 Å². The standard InChI is InChI=1S/C10H15N3O2/c1-7(6-14)12-10(15)13-9-5-3-2-4-8(9)11/h2-5,7,14H,6,11H2,1H3,(H2,12,13,15). The Morgan fingerprint density at radius 2 is 2.20 bits per heavy atom. The summed E-state index contributed by atoms with van der Waals surface area (Å²) in [7, 11) is 0. The first-order chi connectivity index (χ1) is 7.13. The number of para-hydroxylation sites is 2. The zero-order valence-electron chi connectivity index (χ0n) is 8.53. The highest BCUT2D eigenvalue weighted by Crippen LogP contribution is 2.16. The topological polar surface area (TPSA) is 87.4 Å². The average Bonchev–Trinajstić information content (AvgIpc) is 2.21. The van der Waals surface area contributed by atoms with Gasteiger partial charge in [0.05, 0.1) is 24.0 Å². The van der Waals surface area contributed by atoms with Crippen LogP contribution in [0.4, 0.5) is 16.2 Å². The number of rotatable bonds is 3. The molecule has 1 atom stereocenters. The first-order valence-electron chi connectivity index (χ1n) is 4.66. The largest absolute Gasteiger partial charge is 0.397 e. The molecule has 15 heavy (non-hydrogen) atoms. The molecule has 5 N–H and O–H groups in total. The van der Waals surface area contributed by atoms with Crippen molar-refractivity contribution in [3.63, 3.8) is 0 Å². The third-order valence-electron chi connectivity index (χ3n) is 1.86. The van der Waals surface area contributed by atoms with Gasteiger partial charge in [0.2, 0.25) is 0 Å². The number of aliphatic hydroxyl groups is 1. The van der Waals surface area contributed by atoms with Gasteiger partial charge in [0.1, 0.15) is 0 Å². The van der Waals surface area contributed by atoms with Gasteiger partial charge >= 0.3 is 6.03 Å². The number of nitrogen functional groups attached to an aromatic ring is 1. The molecular weight excluding hydrogens is 194 g/mol. The van der Waals surface area contributed by atoms with Gasteiger partial charge in [-0.2, -0.15) is 0 Å². The van der Waals surface area contributed by atoms with Gasteiger partial charge in [-0.05, 0) is 19.1 Å². The second-order valence-corrected chi connectivity index (χ2v) is 3.27. The van der Waals surface area contributed by atoms with Gasteiger partial charge in [-0.15, -0.1) is 0 Å². The van der Waals surface area contributed by atoms with Crippen LogP contribution < -0.4 is 16.4 Å². The van der Waals surface area contributed by atoms with Crippen LogP contribution in [0.5, 0.6) is 0 Å². The maximum absolute atomic E-state index is 11.3. The Bertz CT molecular complexity index is 341. The smallest absolute Gasteiger partial charge is 0.319 e. The number of anilines is 2. The fourth-order valence-electron chi connectivity index (χ4n) is 1.04. The van der Waals surface area contributed by atoms with E-state index >= 15 is 0 Å². The van der Waals surface area contributed by atoms with Crippen molar-refractivity contribution in [3.8, 4) is 0 Å². The van der Waals surface area contributed by atoms with E-state index in [0.29, 0.717) is 11.4 Å². The zero-order valence-corrected chi connectivity index (χ0v) is 8.53. The highest BCUT2D eigenvalue weighted by atomic mass is 16.3. The highest BCUT2D eigenvalue weighted by Gasteiger charge is 2.06. The summed E-state index contributed by atoms with van der Waals surface area (Å²) in [6, 6.07) is 6.31. The molecule has 5 heteroatoms. The predicted octanol–water partition coefficient (Wildman–Crippen LogP) is 0.771. The van der Waals surface area contributed by atoms with Crippen molar-refractivity contribution < 1.29 is 9.90 Å². The molecule has 0 saturated carbocycles. The molecule has 0 aliphatic carbocycles. The van der Waals surface area contributed by atoms with E-state index in [1.165, 1.54) is 0 Å². The van der Waals surface area contributed by atoms with Gasteiger partial charge in [-0.3, -0.25) is 0 Å². The predicted molar refractivity (Wildman–Crippen MR) is 59.6 cm³/mol. The monoisotopic (exact) mass is 209 g/mol. The first kappa shape index (κ1) is 11.3. The maximum atomic E-state index is 11.3. The highest BCUT2D eigenvalue weighted by molar-refractivity contribution is 5.92. The van der Waals surface area contributed by atoms with Crippen LogP contribution in [0, 0.1) is 0 Å². The number of aliphatic hydroxyl groups excluding tert-OH is 1. The fraction of sp³-hybridized carbons (Fsp3) is 0.300. The summed E-state index contributed by atoms with van der Waals surface area (Å²) in [6.07, 6.45) is 0. The molecule has 0 aromatic heterocycles. The minimum absolute atomic E-state index is 0.0995. The number of nitrogens with one attached hydrogen (secondary N) is 2. The Kier molecular flexibility index (Phi) is 3.93. The van der Waals surface area contributed by atoms with Crippen LogP contribution >= 0.6 is 0 Å². The molecule has 0 spiro atoms. The molecule has 0 fully saturated rings. The fourth-order valence-corrected chi connectivity index (χ4v) is 1.04. The molecule has 1 aromatic rings. The Morgan fingerprint density at radius 1 is 1.53 bits per heavy atom. The maximum Gasteiger partial charge on any atom is 0.319 e. The van der Waals surface area contributed by atoms with Crippen LogP contribution in [0.25, 0.3) is 0 Å². The molecule has 1 aromatic carbocycles. The van der Waals surface area contributed by atoms with E-state index in [0.717, 1.165) is 0 Å². The number of benzene rings is 1. The number of hydrogen-bond donors (Lipinski definition) is 4. The number of urea groups is 1. The number of carbonyl (C=O) groups excluding carboxylic acids is 1. The van der Waals surface area contributed by atoms with Gasteiger partial charge in [0.15, 0.2) is 0 Å². The number of hydrogen-bond acceptors (Lipinski definition) is 3. The van der Waals surface area contributed by atoms with Gasteiger partial charge in [-0.1, -0.05) is 12.1 Å². The van der Waals surface area contributed by atoms with Crippen LogP contribution in [-0.2, 0) is 0 Å². The Labute approximate surface area is 88.3 Å². The van der Waals surface area contributed by atoms with Gasteiger partial charge in [0, 0.05) is 0 Å². The first-order valence-corrected chi connectivity index (χ1v) is 4.66. The molecule has 1 rings (SSSR count). The van der Waals surface area contributed by atoms with E-state index in [1.807, 2.05) is 0 Å². The van der Waals surface area contributed by atoms with Crippen LogP contribution in [0.15, 0.2) is 24.3 Å². The lowest BCUT2D eigenvalue weighted by molar-refractivity contribution is 0.229. The Balaban J connectivity index is 2.55. The molecule has 5 nitrogen and oxygen atoms in total. The van der Waals surface area contributed by atoms with Crippen molar-refractivity contribution in [1.29, 1.82) is 0 Å². The number of nitrogens with two attached hydrogens (primary N) is 1. The molecule has 0 bridgehead atoms. The SMILES string of the molecule is CC(CO)NC(=O)Nc1ccccc1N. The van der Waals surface area contributed by atoms with Crippen molar-refractivity contribution in [2.75, 3.05) is 17.7 Å². The zero-order chi connectivity index (χ0) is 11.3. The van der Waals surface area contributed by atoms with E-state index in [4.69, 9.17) is 10.8 Å². The lowest BCUT2D eigenvalue weighted by Gasteiger charge is -2.12. The third kappa shape index (κ3) is 3.47. The van der Waals surface area contributed by atoms with Crippen LogP contribution in [0.3, 0.4) is 0 Å². The van der Waals surface area contributed by atoms with Gasteiger partial charge in [0.25, 0.3) is 0 Å². The molecule has 1 unspecified atom stereocenters. The molecule has 0 saturated heterocycles. The van der Waals surface area contributed by atoms with Crippen molar-refractivity contribution in [1.82, 2.24) is 5.32 Å². The summed E-state index contributed by atoms with van der Waals surface area (Å²) in [5, 5.41) is 13.9. The second kappa shape index (κ2) is 5.21. The molecule has 0 aliphatic rings. The summed E-state index contributed by atoms with van der Waals surface area (Å²) < 4.78 is 0. The lowest BCUT2D eigenvalue weighted by atomic mass is 10.3. The average molecular weight is 209 g/mol. The normalized spacial score (nSPS) is 11.9. The van der Waals surface area contributed by atoms with E-state index in [1.54, 1.807) is 31.2 Å². The minimum atomic E-state index is -0.380. The Morgan fingerprint density at radius 3 is 2.80 bits per heavy atom. The summed E-state index contributed by atoms with van der Waals surface area (Å²) in [5.41, 5.74) is 6.70. The molecule has 0 heterocycles. The number of amides is 2. The number of carbonyl (C=O) groups is 1. The second-order valence-electron chi connectivity index (χ2n) is 3.27. The summed E-state index contributed by atoms with van der Waals surface area (Å²) in [5.74, 6) is 0. The van der Waals surface area contributed by atoms with Crippen LogP contribution in [-0.4, -0.2) is 23.8 Å². The quantitative estimate of drug-likeness (QED) is 0.554. The van der Waals surface area contributed by atoms with Crippen LogP contribution in [0.2, 0.25) is 0 Å². The molecular formula is C10H15N3O2. The van der Waals surface area contributed by atoms with E-state index in [2.05, 4.69) is 10.6 Å². The van der Waals surface area contributed by atoms with E-state index in [9.17, 15) is 4.79 Å².